The van der Waals surface area contributed by atoms with Crippen molar-refractivity contribution in [3.63, 3.8) is 0 Å². The summed E-state index contributed by atoms with van der Waals surface area (Å²) < 4.78 is 10.6. The highest BCUT2D eigenvalue weighted by Gasteiger charge is 2.42. The van der Waals surface area contributed by atoms with E-state index in [4.69, 9.17) is 9.47 Å². The van der Waals surface area contributed by atoms with Crippen LogP contribution in [0.4, 0.5) is 0 Å². The molecule has 0 saturated carbocycles. The average Bonchev–Trinajstić information content (AvgIpc) is 3.02. The van der Waals surface area contributed by atoms with Crippen LogP contribution in [0.25, 0.3) is 0 Å². The monoisotopic (exact) mass is 409 g/mol. The topological polar surface area (TPSA) is 76.1 Å². The Kier molecular flexibility index (Phi) is 6.45. The molecule has 3 rings (SSSR count). The van der Waals surface area contributed by atoms with Crippen molar-refractivity contribution in [2.45, 2.75) is 32.7 Å². The zero-order chi connectivity index (χ0) is 21.8. The maximum Gasteiger partial charge on any atom is 0.290 e. The lowest BCUT2D eigenvalue weighted by Crippen LogP contribution is -2.33. The predicted octanol–water partition coefficient (Wildman–Crippen LogP) is 3.79. The Bertz CT molecular complexity index is 978. The van der Waals surface area contributed by atoms with Gasteiger partial charge in [-0.1, -0.05) is 37.3 Å². The predicted molar refractivity (Wildman–Crippen MR) is 114 cm³/mol. The summed E-state index contributed by atoms with van der Waals surface area (Å²) in [6.45, 7) is 3.79. The summed E-state index contributed by atoms with van der Waals surface area (Å²) in [7, 11) is 3.15. The number of aryl methyl sites for hydroxylation is 1. The number of rotatable bonds is 8. The quantitative estimate of drug-likeness (QED) is 0.718. The second kappa shape index (κ2) is 9.03. The smallest absolute Gasteiger partial charge is 0.290 e. The molecule has 1 atom stereocenters. The zero-order valence-corrected chi connectivity index (χ0v) is 17.8. The Hall–Kier alpha value is -3.28. The fourth-order valence-electron chi connectivity index (χ4n) is 3.81. The van der Waals surface area contributed by atoms with Crippen molar-refractivity contribution in [1.82, 2.24) is 4.90 Å². The second-order valence-electron chi connectivity index (χ2n) is 7.25. The summed E-state index contributed by atoms with van der Waals surface area (Å²) in [4.78, 5) is 26.6. The van der Waals surface area contributed by atoms with Gasteiger partial charge in [-0.25, -0.2) is 0 Å². The van der Waals surface area contributed by atoms with E-state index in [-0.39, 0.29) is 11.4 Å². The Balaban J connectivity index is 1.89. The first-order valence-electron chi connectivity index (χ1n) is 9.96. The van der Waals surface area contributed by atoms with Gasteiger partial charge in [0.2, 0.25) is 0 Å². The van der Waals surface area contributed by atoms with Crippen LogP contribution < -0.4 is 9.47 Å². The number of carbonyl (C=O) groups excluding carboxylic acids is 2. The van der Waals surface area contributed by atoms with Gasteiger partial charge in [0.1, 0.15) is 0 Å². The number of ketones is 1. The molecule has 0 spiro atoms. The Morgan fingerprint density at radius 3 is 2.23 bits per heavy atom. The van der Waals surface area contributed by atoms with E-state index in [2.05, 4.69) is 6.92 Å². The summed E-state index contributed by atoms with van der Waals surface area (Å²) in [6.07, 6.45) is 1.43. The number of methoxy groups -OCH3 is 2. The lowest BCUT2D eigenvalue weighted by Gasteiger charge is -2.27. The molecule has 0 unspecified atom stereocenters. The van der Waals surface area contributed by atoms with E-state index < -0.39 is 17.7 Å². The molecule has 1 N–H and O–H groups in total. The van der Waals surface area contributed by atoms with Crippen LogP contribution in [0.2, 0.25) is 0 Å². The van der Waals surface area contributed by atoms with E-state index in [9.17, 15) is 14.7 Å². The van der Waals surface area contributed by atoms with Gasteiger partial charge in [-0.05, 0) is 48.6 Å². The van der Waals surface area contributed by atoms with Gasteiger partial charge < -0.3 is 19.5 Å². The van der Waals surface area contributed by atoms with Gasteiger partial charge in [0.15, 0.2) is 23.0 Å². The molecule has 1 aliphatic rings. The lowest BCUT2D eigenvalue weighted by atomic mass is 9.95. The molecule has 6 nitrogen and oxygen atoms in total. The third kappa shape index (κ3) is 4.03. The van der Waals surface area contributed by atoms with Gasteiger partial charge in [-0.15, -0.1) is 0 Å². The molecule has 1 amide bonds. The molecule has 0 aromatic heterocycles. The van der Waals surface area contributed by atoms with E-state index in [1.807, 2.05) is 42.5 Å². The molecule has 1 aliphatic heterocycles. The Morgan fingerprint density at radius 1 is 1.03 bits per heavy atom. The van der Waals surface area contributed by atoms with Crippen molar-refractivity contribution in [1.29, 1.82) is 0 Å². The number of Topliss-reactive ketones (excluding diaryl/α,β-unsaturated/α-hetero) is 1. The van der Waals surface area contributed by atoms with E-state index in [1.165, 1.54) is 6.92 Å². The highest BCUT2D eigenvalue weighted by atomic mass is 16.5. The van der Waals surface area contributed by atoms with Crippen LogP contribution in [0, 0.1) is 0 Å². The molecule has 30 heavy (non-hydrogen) atoms. The normalized spacial score (nSPS) is 16.2. The minimum atomic E-state index is -0.596. The van der Waals surface area contributed by atoms with Crippen LogP contribution in [0.15, 0.2) is 53.8 Å². The number of hydrogen-bond acceptors (Lipinski definition) is 5. The average molecular weight is 409 g/mol. The van der Waals surface area contributed by atoms with Crippen LogP contribution in [-0.2, 0) is 22.4 Å². The number of aliphatic hydroxyl groups excluding tert-OH is 1. The molecule has 1 heterocycles. The van der Waals surface area contributed by atoms with Crippen molar-refractivity contribution >= 4 is 11.7 Å². The highest BCUT2D eigenvalue weighted by Crippen LogP contribution is 2.38. The maximum atomic E-state index is 12.8. The van der Waals surface area contributed by atoms with Crippen LogP contribution in [0.1, 0.15) is 36.6 Å². The molecule has 2 aromatic rings. The first-order chi connectivity index (χ1) is 14.4. The maximum absolute atomic E-state index is 12.8. The van der Waals surface area contributed by atoms with Gasteiger partial charge in [-0.3, -0.25) is 9.59 Å². The van der Waals surface area contributed by atoms with E-state index in [1.54, 1.807) is 19.1 Å². The van der Waals surface area contributed by atoms with Crippen molar-refractivity contribution in [3.8, 4) is 11.5 Å². The molecule has 158 valence electrons. The van der Waals surface area contributed by atoms with Crippen molar-refractivity contribution in [3.05, 3.63) is 70.5 Å². The fraction of sp³-hybridized carbons (Fsp3) is 0.333. The van der Waals surface area contributed by atoms with Crippen LogP contribution >= 0.6 is 0 Å². The van der Waals surface area contributed by atoms with Gasteiger partial charge >= 0.3 is 0 Å². The van der Waals surface area contributed by atoms with E-state index in [0.717, 1.165) is 23.1 Å². The van der Waals surface area contributed by atoms with E-state index in [0.29, 0.717) is 24.5 Å². The third-order valence-corrected chi connectivity index (χ3v) is 5.48. The van der Waals surface area contributed by atoms with Gasteiger partial charge in [0.05, 0.1) is 25.8 Å². The number of aliphatic hydroxyl groups is 1. The summed E-state index contributed by atoms with van der Waals surface area (Å²) in [5, 5.41) is 10.4. The number of ether oxygens (including phenoxy) is 2. The first-order valence-corrected chi connectivity index (χ1v) is 9.96. The molecule has 0 fully saturated rings. The zero-order valence-electron chi connectivity index (χ0n) is 17.8. The Morgan fingerprint density at radius 2 is 1.67 bits per heavy atom. The molecule has 2 aromatic carbocycles. The van der Waals surface area contributed by atoms with Gasteiger partial charge in [0, 0.05) is 6.54 Å². The number of carbonyl (C=O) groups is 2. The van der Waals surface area contributed by atoms with Crippen molar-refractivity contribution in [2.24, 2.45) is 0 Å². The van der Waals surface area contributed by atoms with Gasteiger partial charge in [0.25, 0.3) is 5.91 Å². The van der Waals surface area contributed by atoms with Crippen molar-refractivity contribution < 1.29 is 24.2 Å². The summed E-state index contributed by atoms with van der Waals surface area (Å²) in [5.41, 5.74) is 3.08. The third-order valence-electron chi connectivity index (χ3n) is 5.48. The SMILES string of the molecule is CCc1ccc([C@@H]2C(C(C)=O)=C(O)C(=O)N2CCc2ccc(OC)c(OC)c2)cc1. The van der Waals surface area contributed by atoms with Crippen LogP contribution in [0.3, 0.4) is 0 Å². The summed E-state index contributed by atoms with van der Waals surface area (Å²) in [5.74, 6) is -0.0472. The minimum Gasteiger partial charge on any atom is -0.503 e. The molecular weight excluding hydrogens is 382 g/mol. The fourth-order valence-corrected chi connectivity index (χ4v) is 3.81. The Labute approximate surface area is 176 Å². The summed E-state index contributed by atoms with van der Waals surface area (Å²) in [6, 6.07) is 12.8. The molecule has 0 saturated heterocycles. The number of nitrogens with zero attached hydrogens (tertiary/aromatic N) is 1. The minimum absolute atomic E-state index is 0.150. The first kappa shape index (κ1) is 21.4. The highest BCUT2D eigenvalue weighted by molar-refractivity contribution is 6.08. The van der Waals surface area contributed by atoms with E-state index >= 15 is 0 Å². The summed E-state index contributed by atoms with van der Waals surface area (Å²) >= 11 is 0. The molecular formula is C24H27NO5. The molecule has 0 aliphatic carbocycles. The van der Waals surface area contributed by atoms with Crippen molar-refractivity contribution in [2.75, 3.05) is 20.8 Å². The number of benzene rings is 2. The second-order valence-corrected chi connectivity index (χ2v) is 7.25. The number of amides is 1. The molecule has 6 heteroatoms. The van der Waals surface area contributed by atoms with Gasteiger partial charge in [-0.2, -0.15) is 0 Å². The standard InChI is InChI=1S/C24H27NO5/c1-5-16-6-9-18(10-7-16)22-21(15(2)26)23(27)24(28)25(22)13-12-17-8-11-19(29-3)20(14-17)30-4/h6-11,14,22,27H,5,12-13H2,1-4H3/t22-/m1/s1. The number of hydrogen-bond donors (Lipinski definition) is 1. The largest absolute Gasteiger partial charge is 0.503 e. The molecule has 0 radical (unpaired) electrons. The van der Waals surface area contributed by atoms with Crippen LogP contribution in [0.5, 0.6) is 11.5 Å². The lowest BCUT2D eigenvalue weighted by molar-refractivity contribution is -0.129. The van der Waals surface area contributed by atoms with Crippen LogP contribution in [-0.4, -0.2) is 42.5 Å². The molecule has 0 bridgehead atoms.